The maximum absolute atomic E-state index is 12.9. The number of piperidine rings is 1. The van der Waals surface area contributed by atoms with Crippen LogP contribution < -0.4 is 0 Å². The van der Waals surface area contributed by atoms with Gasteiger partial charge in [0.05, 0.1) is 11.9 Å². The number of hydrogen-bond donors (Lipinski definition) is 0. The molecule has 3 aromatic heterocycles. The number of imidazole rings is 1. The topological polar surface area (TPSA) is 63.6 Å². The summed E-state index contributed by atoms with van der Waals surface area (Å²) in [5, 5.41) is 5.87. The van der Waals surface area contributed by atoms with Crippen molar-refractivity contribution in [1.29, 1.82) is 0 Å². The Morgan fingerprint density at radius 1 is 1.00 bits per heavy atom. The molecular weight excluding hydrogens is 412 g/mol. The zero-order valence-corrected chi connectivity index (χ0v) is 18.4. The molecule has 0 spiro atoms. The lowest BCUT2D eigenvalue weighted by Crippen LogP contribution is -2.37. The highest BCUT2D eigenvalue weighted by Crippen LogP contribution is 2.29. The highest BCUT2D eigenvalue weighted by atomic mass is 16.3. The Balaban J connectivity index is 1.30. The largest absolute Gasteiger partial charge is 0.454 e. The van der Waals surface area contributed by atoms with Crippen LogP contribution in [0, 0.1) is 5.92 Å². The second-order valence-electron chi connectivity index (χ2n) is 8.83. The molecule has 0 N–H and O–H groups in total. The maximum atomic E-state index is 12.9. The van der Waals surface area contributed by atoms with Crippen molar-refractivity contribution in [3.63, 3.8) is 0 Å². The van der Waals surface area contributed by atoms with Crippen LogP contribution in [0.4, 0.5) is 0 Å². The smallest absolute Gasteiger partial charge is 0.253 e. The van der Waals surface area contributed by atoms with Gasteiger partial charge in [0.1, 0.15) is 11.3 Å². The normalized spacial score (nSPS) is 14.9. The van der Waals surface area contributed by atoms with Gasteiger partial charge in [0.2, 0.25) is 0 Å². The molecule has 6 nitrogen and oxygen atoms in total. The van der Waals surface area contributed by atoms with Crippen LogP contribution in [-0.2, 0) is 0 Å². The van der Waals surface area contributed by atoms with Gasteiger partial charge in [-0.3, -0.25) is 4.79 Å². The van der Waals surface area contributed by atoms with E-state index in [1.165, 1.54) is 0 Å². The average molecular weight is 437 g/mol. The summed E-state index contributed by atoms with van der Waals surface area (Å²) in [4.78, 5) is 19.3. The fraction of sp³-hybridized carbons (Fsp3) is 0.222. The number of furan rings is 1. The van der Waals surface area contributed by atoms with Gasteiger partial charge >= 0.3 is 0 Å². The number of para-hydroxylation sites is 1. The van der Waals surface area contributed by atoms with Crippen molar-refractivity contribution in [1.82, 2.24) is 19.5 Å². The summed E-state index contributed by atoms with van der Waals surface area (Å²) in [6, 6.07) is 21.6. The maximum Gasteiger partial charge on any atom is 0.253 e. The third-order valence-electron chi connectivity index (χ3n) is 6.54. The van der Waals surface area contributed by atoms with Gasteiger partial charge in [-0.05, 0) is 55.2 Å². The van der Waals surface area contributed by atoms with Crippen LogP contribution in [0.15, 0.2) is 77.3 Å². The minimum atomic E-state index is 0.110. The number of rotatable bonds is 3. The number of carbonyl (C=O) groups excluding carboxylic acids is 1. The molecule has 1 aliphatic rings. The second-order valence-corrected chi connectivity index (χ2v) is 8.83. The molecule has 1 saturated heterocycles. The third-order valence-corrected chi connectivity index (χ3v) is 6.54. The predicted octanol–water partition coefficient (Wildman–Crippen LogP) is 5.68. The number of nitrogens with zero attached hydrogens (tertiary/aromatic N) is 4. The molecule has 0 bridgehead atoms. The zero-order chi connectivity index (χ0) is 22.4. The number of aromatic nitrogens is 3. The monoisotopic (exact) mass is 436 g/mol. The molecule has 0 radical (unpaired) electrons. The first-order chi connectivity index (χ1) is 16.2. The Labute approximate surface area is 191 Å². The first-order valence-corrected chi connectivity index (χ1v) is 11.4. The Kier molecular flexibility index (Phi) is 4.72. The number of benzene rings is 2. The SMILES string of the molecule is CC1CCN(C(=O)c2ccc(-c3ccc4ncc(-c5cc6ccccc6o5)n4n3)cc2)CC1. The molecule has 6 rings (SSSR count). The van der Waals surface area contributed by atoms with Crippen molar-refractivity contribution < 1.29 is 9.21 Å². The van der Waals surface area contributed by atoms with E-state index in [4.69, 9.17) is 9.52 Å². The van der Waals surface area contributed by atoms with Crippen LogP contribution in [0.25, 0.3) is 39.3 Å². The standard InChI is InChI=1S/C27H24N4O2/c1-18-12-14-30(15-13-18)27(32)20-8-6-19(7-9-20)22-10-11-26-28-17-23(31(26)29-22)25-16-21-4-2-3-5-24(21)33-25/h2-11,16-18H,12-15H2,1H3. The van der Waals surface area contributed by atoms with Gasteiger partial charge in [-0.25, -0.2) is 9.50 Å². The minimum Gasteiger partial charge on any atom is -0.454 e. The summed E-state index contributed by atoms with van der Waals surface area (Å²) < 4.78 is 7.84. The molecule has 1 fully saturated rings. The van der Waals surface area contributed by atoms with Gasteiger partial charge in [0.25, 0.3) is 5.91 Å². The summed E-state index contributed by atoms with van der Waals surface area (Å²) in [5.74, 6) is 1.54. The summed E-state index contributed by atoms with van der Waals surface area (Å²) >= 11 is 0. The predicted molar refractivity (Wildman–Crippen MR) is 128 cm³/mol. The van der Waals surface area contributed by atoms with Crippen LogP contribution in [0.2, 0.25) is 0 Å². The van der Waals surface area contributed by atoms with Crippen LogP contribution in [0.1, 0.15) is 30.1 Å². The van der Waals surface area contributed by atoms with Gasteiger partial charge in [-0.1, -0.05) is 37.3 Å². The molecular formula is C27H24N4O2. The van der Waals surface area contributed by atoms with Gasteiger partial charge in [-0.2, -0.15) is 5.10 Å². The molecule has 0 aliphatic carbocycles. The first kappa shape index (κ1) is 19.7. The molecule has 33 heavy (non-hydrogen) atoms. The lowest BCUT2D eigenvalue weighted by molar-refractivity contribution is 0.0697. The van der Waals surface area contributed by atoms with Gasteiger partial charge in [0, 0.05) is 29.6 Å². The van der Waals surface area contributed by atoms with E-state index in [9.17, 15) is 4.79 Å². The fourth-order valence-corrected chi connectivity index (χ4v) is 4.48. The highest BCUT2D eigenvalue weighted by Gasteiger charge is 2.21. The Bertz CT molecular complexity index is 1420. The van der Waals surface area contributed by atoms with Gasteiger partial charge < -0.3 is 9.32 Å². The molecule has 1 aliphatic heterocycles. The second kappa shape index (κ2) is 7.89. The van der Waals surface area contributed by atoms with E-state index in [0.717, 1.165) is 70.8 Å². The molecule has 164 valence electrons. The Morgan fingerprint density at radius 2 is 1.79 bits per heavy atom. The number of fused-ring (bicyclic) bond motifs is 2. The lowest BCUT2D eigenvalue weighted by atomic mass is 9.98. The lowest BCUT2D eigenvalue weighted by Gasteiger charge is -2.30. The number of hydrogen-bond acceptors (Lipinski definition) is 4. The molecule has 2 aromatic carbocycles. The average Bonchev–Trinajstić information content (AvgIpc) is 3.47. The van der Waals surface area contributed by atoms with E-state index in [1.54, 1.807) is 10.7 Å². The molecule has 0 atom stereocenters. The van der Waals surface area contributed by atoms with E-state index >= 15 is 0 Å². The van der Waals surface area contributed by atoms with Crippen LogP contribution in [-0.4, -0.2) is 38.5 Å². The molecule has 4 heterocycles. The van der Waals surface area contributed by atoms with Crippen molar-refractivity contribution in [2.75, 3.05) is 13.1 Å². The van der Waals surface area contributed by atoms with E-state index in [1.807, 2.05) is 71.6 Å². The summed E-state index contributed by atoms with van der Waals surface area (Å²) in [6.07, 6.45) is 3.93. The van der Waals surface area contributed by atoms with Crippen molar-refractivity contribution in [2.24, 2.45) is 5.92 Å². The minimum absolute atomic E-state index is 0.110. The van der Waals surface area contributed by atoms with E-state index in [0.29, 0.717) is 5.92 Å². The van der Waals surface area contributed by atoms with E-state index < -0.39 is 0 Å². The van der Waals surface area contributed by atoms with Crippen molar-refractivity contribution in [2.45, 2.75) is 19.8 Å². The molecule has 0 saturated carbocycles. The Hall–Kier alpha value is -3.93. The van der Waals surface area contributed by atoms with Gasteiger partial charge in [0.15, 0.2) is 11.4 Å². The van der Waals surface area contributed by atoms with E-state index in [2.05, 4.69) is 11.9 Å². The first-order valence-electron chi connectivity index (χ1n) is 11.4. The third kappa shape index (κ3) is 3.57. The molecule has 1 amide bonds. The van der Waals surface area contributed by atoms with Crippen molar-refractivity contribution >= 4 is 22.5 Å². The Morgan fingerprint density at radius 3 is 2.58 bits per heavy atom. The summed E-state index contributed by atoms with van der Waals surface area (Å²) in [6.45, 7) is 3.93. The molecule has 6 heteroatoms. The van der Waals surface area contributed by atoms with E-state index in [-0.39, 0.29) is 5.91 Å². The van der Waals surface area contributed by atoms with Crippen LogP contribution in [0.5, 0.6) is 0 Å². The number of amides is 1. The summed E-state index contributed by atoms with van der Waals surface area (Å²) in [7, 11) is 0. The zero-order valence-electron chi connectivity index (χ0n) is 18.4. The van der Waals surface area contributed by atoms with Gasteiger partial charge in [-0.15, -0.1) is 0 Å². The highest BCUT2D eigenvalue weighted by molar-refractivity contribution is 5.94. The van der Waals surface area contributed by atoms with Crippen molar-refractivity contribution in [3.05, 3.63) is 78.5 Å². The summed E-state index contributed by atoms with van der Waals surface area (Å²) in [5.41, 5.74) is 4.87. The fourth-order valence-electron chi connectivity index (χ4n) is 4.48. The quantitative estimate of drug-likeness (QED) is 0.365. The number of carbonyl (C=O) groups is 1. The van der Waals surface area contributed by atoms with Crippen LogP contribution >= 0.6 is 0 Å². The van der Waals surface area contributed by atoms with Crippen LogP contribution in [0.3, 0.4) is 0 Å². The number of likely N-dealkylation sites (tertiary alicyclic amines) is 1. The molecule has 0 unspecified atom stereocenters. The van der Waals surface area contributed by atoms with Crippen molar-refractivity contribution in [3.8, 4) is 22.7 Å². The molecule has 5 aromatic rings.